The number of ether oxygens (including phenoxy) is 2. The molecule has 1 atom stereocenters. The first-order valence-electron chi connectivity index (χ1n) is 8.34. The number of aryl methyl sites for hydroxylation is 1. The Morgan fingerprint density at radius 2 is 1.93 bits per heavy atom. The van der Waals surface area contributed by atoms with Crippen molar-refractivity contribution in [1.29, 1.82) is 0 Å². The molecule has 0 saturated carbocycles. The summed E-state index contributed by atoms with van der Waals surface area (Å²) >= 11 is 0. The predicted octanol–water partition coefficient (Wildman–Crippen LogP) is 1.28. The molecule has 1 aliphatic rings. The number of alkyl halides is 2. The summed E-state index contributed by atoms with van der Waals surface area (Å²) in [5, 5.41) is 7.02. The minimum Gasteiger partial charge on any atom is -0.395 e. The first-order chi connectivity index (χ1) is 13.9. The summed E-state index contributed by atoms with van der Waals surface area (Å²) in [4.78, 5) is 23.9. The largest absolute Gasteiger partial charge is 0.586 e. The van der Waals surface area contributed by atoms with Crippen LogP contribution in [0.1, 0.15) is 6.42 Å². The molecule has 1 aliphatic heterocycles. The highest BCUT2D eigenvalue weighted by molar-refractivity contribution is 7.92. The van der Waals surface area contributed by atoms with Gasteiger partial charge in [-0.2, -0.15) is 0 Å². The zero-order valence-corrected chi connectivity index (χ0v) is 16.1. The fraction of sp³-hybridized carbons (Fsp3) is 0.294. The van der Waals surface area contributed by atoms with Crippen molar-refractivity contribution in [2.24, 2.45) is 0 Å². The van der Waals surface area contributed by atoms with Crippen LogP contribution in [0.2, 0.25) is 0 Å². The monoisotopic (exact) mass is 448 g/mol. The van der Waals surface area contributed by atoms with E-state index < -0.39 is 45.1 Å². The second-order valence-electron chi connectivity index (χ2n) is 6.48. The molecule has 0 unspecified atom stereocenters. The summed E-state index contributed by atoms with van der Waals surface area (Å²) in [5.41, 5.74) is 0.377. The van der Waals surface area contributed by atoms with Crippen LogP contribution in [0.5, 0.6) is 11.5 Å². The third-order valence-electron chi connectivity index (χ3n) is 4.34. The fourth-order valence-electron chi connectivity index (χ4n) is 2.93. The average Bonchev–Trinajstić information content (AvgIpc) is 2.95. The third-order valence-corrected chi connectivity index (χ3v) is 5.82. The van der Waals surface area contributed by atoms with Crippen molar-refractivity contribution in [1.82, 2.24) is 10.0 Å². The van der Waals surface area contributed by atoms with Crippen LogP contribution in [-0.2, 0) is 21.2 Å². The molecule has 1 aromatic heterocycles. The Morgan fingerprint density at radius 3 is 2.57 bits per heavy atom. The summed E-state index contributed by atoms with van der Waals surface area (Å²) < 4.78 is 73.6. The molecule has 2 N–H and O–H groups in total. The lowest BCUT2D eigenvalue weighted by Gasteiger charge is -2.14. The van der Waals surface area contributed by atoms with Gasteiger partial charge in [0.15, 0.2) is 21.3 Å². The zero-order chi connectivity index (χ0) is 22.3. The molecule has 0 fully saturated rings. The minimum absolute atomic E-state index is 0.0745. The van der Waals surface area contributed by atoms with Gasteiger partial charge in [0, 0.05) is 30.6 Å². The van der Waals surface area contributed by atoms with Crippen molar-refractivity contribution in [3.63, 3.8) is 0 Å². The molecular weight excluding hydrogens is 433 g/mol. The van der Waals surface area contributed by atoms with E-state index in [1.165, 1.54) is 11.5 Å². The van der Waals surface area contributed by atoms with E-state index >= 15 is 0 Å². The summed E-state index contributed by atoms with van der Waals surface area (Å²) in [5.74, 6) is -2.65. The van der Waals surface area contributed by atoms with Gasteiger partial charge in [-0.1, -0.05) is 6.07 Å². The van der Waals surface area contributed by atoms with Gasteiger partial charge in [0.1, 0.15) is 11.1 Å². The van der Waals surface area contributed by atoms with Crippen LogP contribution in [0.3, 0.4) is 0 Å². The molecule has 2 heterocycles. The molecule has 0 aliphatic carbocycles. The number of hydroxylamine groups is 1. The first-order valence-corrected chi connectivity index (χ1v) is 10.3. The number of amides is 1. The van der Waals surface area contributed by atoms with E-state index in [9.17, 15) is 31.2 Å². The van der Waals surface area contributed by atoms with Gasteiger partial charge >= 0.3 is 6.29 Å². The molecule has 1 amide bonds. The zero-order valence-electron chi connectivity index (χ0n) is 15.3. The van der Waals surface area contributed by atoms with Crippen LogP contribution >= 0.6 is 0 Å². The average molecular weight is 448 g/mol. The van der Waals surface area contributed by atoms with Crippen molar-refractivity contribution in [2.45, 2.75) is 24.5 Å². The number of carbonyl (C=O) groups is 1. The van der Waals surface area contributed by atoms with Gasteiger partial charge in [-0.3, -0.25) is 14.8 Å². The number of hydrogen-bond acceptors (Lipinski definition) is 7. The van der Waals surface area contributed by atoms with Crippen LogP contribution in [0.15, 0.2) is 35.3 Å². The Labute approximate surface area is 167 Å². The van der Waals surface area contributed by atoms with Crippen LogP contribution in [0, 0.1) is 5.82 Å². The van der Waals surface area contributed by atoms with Crippen molar-refractivity contribution in [2.75, 3.05) is 6.26 Å². The maximum atomic E-state index is 14.6. The normalized spacial score (nSPS) is 15.6. The summed E-state index contributed by atoms with van der Waals surface area (Å²) in [6.07, 6.45) is -2.67. The summed E-state index contributed by atoms with van der Waals surface area (Å²) in [7, 11) is -3.90. The Kier molecular flexibility index (Phi) is 5.52. The van der Waals surface area contributed by atoms with Crippen LogP contribution < -0.4 is 20.5 Å². The number of aromatic nitrogens is 1. The molecule has 1 aromatic carbocycles. The number of pyridine rings is 1. The van der Waals surface area contributed by atoms with E-state index in [1.807, 2.05) is 0 Å². The topological polar surface area (TPSA) is 124 Å². The SMILES string of the molecule is CS(=O)(=O)[C@H](CCn1cc(F)c(-c2ccc3c(c2)OC(F)(F)O3)cc1=O)C(=O)NO. The number of carbonyl (C=O) groups excluding carboxylic acids is 1. The van der Waals surface area contributed by atoms with Gasteiger partial charge in [0.2, 0.25) is 0 Å². The highest BCUT2D eigenvalue weighted by Gasteiger charge is 2.43. The van der Waals surface area contributed by atoms with E-state index in [0.29, 0.717) is 0 Å². The smallest absolute Gasteiger partial charge is 0.395 e. The van der Waals surface area contributed by atoms with Crippen molar-refractivity contribution in [3.05, 3.63) is 46.6 Å². The van der Waals surface area contributed by atoms with Gasteiger partial charge in [0.25, 0.3) is 11.5 Å². The van der Waals surface area contributed by atoms with Gasteiger partial charge in [-0.05, 0) is 24.1 Å². The van der Waals surface area contributed by atoms with Crippen molar-refractivity contribution < 1.29 is 41.1 Å². The summed E-state index contributed by atoms with van der Waals surface area (Å²) in [6.45, 7) is -0.339. The Bertz CT molecular complexity index is 1160. The highest BCUT2D eigenvalue weighted by atomic mass is 32.2. The van der Waals surface area contributed by atoms with E-state index in [0.717, 1.165) is 35.2 Å². The Balaban J connectivity index is 1.87. The number of benzene rings is 1. The lowest BCUT2D eigenvalue weighted by molar-refractivity contribution is -0.286. The molecule has 13 heteroatoms. The van der Waals surface area contributed by atoms with Crippen LogP contribution in [0.4, 0.5) is 13.2 Å². The number of sulfone groups is 1. The van der Waals surface area contributed by atoms with E-state index in [1.54, 1.807) is 0 Å². The van der Waals surface area contributed by atoms with Gasteiger partial charge in [-0.25, -0.2) is 18.3 Å². The third kappa shape index (κ3) is 4.41. The maximum absolute atomic E-state index is 14.6. The standard InChI is InChI=1S/C17H15F3N2O7S/c1-30(26,27)14(16(24)21-25)4-5-22-8-11(18)10(7-15(22)23)9-2-3-12-13(6-9)29-17(19,20)28-12/h2-3,6-8,14,25H,4-5H2,1H3,(H,21,24)/t14-/m1/s1. The lowest BCUT2D eigenvalue weighted by atomic mass is 10.1. The predicted molar refractivity (Wildman–Crippen MR) is 95.5 cm³/mol. The quantitative estimate of drug-likeness (QED) is 0.504. The molecule has 30 heavy (non-hydrogen) atoms. The van der Waals surface area contributed by atoms with E-state index in [-0.39, 0.29) is 29.2 Å². The second kappa shape index (κ2) is 7.65. The molecule has 9 nitrogen and oxygen atoms in total. The summed E-state index contributed by atoms with van der Waals surface area (Å²) in [6, 6.07) is 4.38. The fourth-order valence-corrected chi connectivity index (χ4v) is 3.90. The number of rotatable bonds is 6. The van der Waals surface area contributed by atoms with E-state index in [2.05, 4.69) is 9.47 Å². The Morgan fingerprint density at radius 1 is 1.27 bits per heavy atom. The van der Waals surface area contributed by atoms with Crippen LogP contribution in [0.25, 0.3) is 11.1 Å². The number of nitrogens with zero attached hydrogens (tertiary/aromatic N) is 1. The first kappa shape index (κ1) is 21.6. The molecule has 3 rings (SSSR count). The number of halogens is 3. The number of hydrogen-bond donors (Lipinski definition) is 2. The van der Waals surface area contributed by atoms with Gasteiger partial charge in [0.05, 0.1) is 0 Å². The molecule has 0 saturated heterocycles. The Hall–Kier alpha value is -3.06. The molecule has 0 spiro atoms. The van der Waals surface area contributed by atoms with Crippen molar-refractivity contribution in [3.8, 4) is 22.6 Å². The molecular formula is C17H15F3N2O7S. The van der Waals surface area contributed by atoms with Gasteiger partial charge < -0.3 is 14.0 Å². The minimum atomic E-state index is -3.90. The number of fused-ring (bicyclic) bond motifs is 1. The molecule has 0 radical (unpaired) electrons. The maximum Gasteiger partial charge on any atom is 0.586 e. The van der Waals surface area contributed by atoms with Crippen molar-refractivity contribution >= 4 is 15.7 Å². The highest BCUT2D eigenvalue weighted by Crippen LogP contribution is 2.43. The van der Waals surface area contributed by atoms with E-state index in [4.69, 9.17) is 5.21 Å². The second-order valence-corrected chi connectivity index (χ2v) is 8.71. The molecule has 162 valence electrons. The van der Waals surface area contributed by atoms with Gasteiger partial charge in [-0.15, -0.1) is 8.78 Å². The molecule has 2 aromatic rings. The number of nitrogens with one attached hydrogen (secondary N) is 1. The van der Waals surface area contributed by atoms with Crippen LogP contribution in [-0.4, -0.2) is 41.9 Å². The molecule has 0 bridgehead atoms. The lowest BCUT2D eigenvalue weighted by Crippen LogP contribution is -2.39.